The quantitative estimate of drug-likeness (QED) is 0.733. The van der Waals surface area contributed by atoms with Crippen LogP contribution in [0.2, 0.25) is 0 Å². The van der Waals surface area contributed by atoms with Crippen molar-refractivity contribution in [3.63, 3.8) is 0 Å². The van der Waals surface area contributed by atoms with Crippen molar-refractivity contribution in [1.29, 1.82) is 0 Å². The molecule has 102 valence electrons. The molecule has 0 aliphatic heterocycles. The Balaban J connectivity index is 2.37. The van der Waals surface area contributed by atoms with E-state index in [0.29, 0.717) is 11.8 Å². The van der Waals surface area contributed by atoms with E-state index < -0.39 is 0 Å². The maximum atomic E-state index is 5.70. The Morgan fingerprint density at radius 3 is 2.67 bits per heavy atom. The number of nitrogens with zero attached hydrogens (tertiary/aromatic N) is 2. The Bertz CT molecular complexity index is 313. The van der Waals surface area contributed by atoms with Gasteiger partial charge in [0.05, 0.1) is 12.3 Å². The Labute approximate surface area is 110 Å². The zero-order chi connectivity index (χ0) is 13.2. The second-order valence-corrected chi connectivity index (χ2v) is 4.62. The molecule has 18 heavy (non-hydrogen) atoms. The van der Waals surface area contributed by atoms with Crippen LogP contribution in [-0.4, -0.2) is 23.9 Å². The van der Waals surface area contributed by atoms with Gasteiger partial charge in [0.15, 0.2) is 0 Å². The van der Waals surface area contributed by atoms with Gasteiger partial charge in [-0.3, -0.25) is 0 Å². The van der Waals surface area contributed by atoms with Crippen LogP contribution in [0, 0.1) is 5.92 Å². The van der Waals surface area contributed by atoms with Crippen molar-refractivity contribution >= 4 is 0 Å². The fourth-order valence-electron chi connectivity index (χ4n) is 1.80. The summed E-state index contributed by atoms with van der Waals surface area (Å²) in [5, 5.41) is 11.2. The molecule has 0 aliphatic rings. The fourth-order valence-corrected chi connectivity index (χ4v) is 1.80. The van der Waals surface area contributed by atoms with Gasteiger partial charge in [-0.2, -0.15) is 5.10 Å². The molecule has 1 rings (SSSR count). The highest BCUT2D eigenvalue weighted by Gasteiger charge is 2.07. The van der Waals surface area contributed by atoms with Crippen LogP contribution in [0.3, 0.4) is 0 Å². The molecule has 0 saturated carbocycles. The Hall–Kier alpha value is -1.16. The van der Waals surface area contributed by atoms with Gasteiger partial charge in [0.2, 0.25) is 5.88 Å². The SMILES string of the molecule is CCCCC(CC)COc1ccc(CNC)nn1. The summed E-state index contributed by atoms with van der Waals surface area (Å²) in [5.74, 6) is 1.26. The first kappa shape index (κ1) is 14.9. The molecule has 1 aromatic rings. The van der Waals surface area contributed by atoms with Crippen molar-refractivity contribution in [3.05, 3.63) is 17.8 Å². The van der Waals surface area contributed by atoms with E-state index in [1.807, 2.05) is 19.2 Å². The number of hydrogen-bond acceptors (Lipinski definition) is 4. The molecule has 0 aromatic carbocycles. The molecule has 1 aromatic heterocycles. The first-order chi connectivity index (χ1) is 8.80. The zero-order valence-corrected chi connectivity index (χ0v) is 11.8. The summed E-state index contributed by atoms with van der Waals surface area (Å²) in [5.41, 5.74) is 0.933. The minimum absolute atomic E-state index is 0.628. The Morgan fingerprint density at radius 2 is 2.11 bits per heavy atom. The summed E-state index contributed by atoms with van der Waals surface area (Å²) >= 11 is 0. The van der Waals surface area contributed by atoms with Gasteiger partial charge in [0.25, 0.3) is 0 Å². The third kappa shape index (κ3) is 5.45. The summed E-state index contributed by atoms with van der Waals surface area (Å²) in [7, 11) is 1.89. The van der Waals surface area contributed by atoms with E-state index in [1.165, 1.54) is 19.3 Å². The van der Waals surface area contributed by atoms with E-state index in [-0.39, 0.29) is 0 Å². The average molecular weight is 251 g/mol. The van der Waals surface area contributed by atoms with Gasteiger partial charge in [-0.15, -0.1) is 5.10 Å². The highest BCUT2D eigenvalue weighted by Crippen LogP contribution is 2.14. The molecule has 4 nitrogen and oxygen atoms in total. The highest BCUT2D eigenvalue weighted by atomic mass is 16.5. The zero-order valence-electron chi connectivity index (χ0n) is 11.8. The minimum Gasteiger partial charge on any atom is -0.476 e. The van der Waals surface area contributed by atoms with E-state index >= 15 is 0 Å². The third-order valence-electron chi connectivity index (χ3n) is 3.06. The Kier molecular flexibility index (Phi) is 7.34. The van der Waals surface area contributed by atoms with Gasteiger partial charge in [-0.05, 0) is 25.5 Å². The number of aromatic nitrogens is 2. The van der Waals surface area contributed by atoms with Crippen molar-refractivity contribution in [3.8, 4) is 5.88 Å². The lowest BCUT2D eigenvalue weighted by molar-refractivity contribution is 0.223. The first-order valence-corrected chi connectivity index (χ1v) is 6.90. The van der Waals surface area contributed by atoms with Crippen molar-refractivity contribution in [2.45, 2.75) is 46.1 Å². The summed E-state index contributed by atoms with van der Waals surface area (Å²) in [4.78, 5) is 0. The van der Waals surface area contributed by atoms with Gasteiger partial charge >= 0.3 is 0 Å². The number of nitrogens with one attached hydrogen (secondary N) is 1. The average Bonchev–Trinajstić information content (AvgIpc) is 2.41. The Morgan fingerprint density at radius 1 is 1.28 bits per heavy atom. The fraction of sp³-hybridized carbons (Fsp3) is 0.714. The van der Waals surface area contributed by atoms with E-state index in [4.69, 9.17) is 4.74 Å². The van der Waals surface area contributed by atoms with Crippen molar-refractivity contribution in [1.82, 2.24) is 15.5 Å². The molecule has 1 atom stereocenters. The van der Waals surface area contributed by atoms with Crippen molar-refractivity contribution < 1.29 is 4.74 Å². The number of unbranched alkanes of at least 4 members (excludes halogenated alkanes) is 1. The number of ether oxygens (including phenoxy) is 1. The lowest BCUT2D eigenvalue weighted by Crippen LogP contribution is -2.13. The largest absolute Gasteiger partial charge is 0.476 e. The van der Waals surface area contributed by atoms with Crippen LogP contribution in [0.15, 0.2) is 12.1 Å². The molecular formula is C14H25N3O. The van der Waals surface area contributed by atoms with Gasteiger partial charge in [-0.25, -0.2) is 0 Å². The maximum Gasteiger partial charge on any atom is 0.233 e. The maximum absolute atomic E-state index is 5.70. The molecule has 0 spiro atoms. The highest BCUT2D eigenvalue weighted by molar-refractivity contribution is 5.11. The predicted octanol–water partition coefficient (Wildman–Crippen LogP) is 2.79. The van der Waals surface area contributed by atoms with Crippen LogP contribution in [0.4, 0.5) is 0 Å². The van der Waals surface area contributed by atoms with Crippen molar-refractivity contribution in [2.24, 2.45) is 5.92 Å². The summed E-state index contributed by atoms with van der Waals surface area (Å²) in [6.07, 6.45) is 4.91. The van der Waals surface area contributed by atoms with Crippen LogP contribution >= 0.6 is 0 Å². The molecule has 0 radical (unpaired) electrons. The molecule has 0 amide bonds. The van der Waals surface area contributed by atoms with Gasteiger partial charge in [-0.1, -0.05) is 33.1 Å². The van der Waals surface area contributed by atoms with Crippen LogP contribution in [0.5, 0.6) is 5.88 Å². The van der Waals surface area contributed by atoms with Crippen molar-refractivity contribution in [2.75, 3.05) is 13.7 Å². The molecule has 1 heterocycles. The third-order valence-corrected chi connectivity index (χ3v) is 3.06. The molecule has 1 unspecified atom stereocenters. The second kappa shape index (κ2) is 8.86. The summed E-state index contributed by atoms with van der Waals surface area (Å²) in [6.45, 7) is 5.92. The second-order valence-electron chi connectivity index (χ2n) is 4.62. The molecule has 1 N–H and O–H groups in total. The molecule has 4 heteroatoms. The number of rotatable bonds is 9. The molecule has 0 fully saturated rings. The smallest absolute Gasteiger partial charge is 0.233 e. The molecule has 0 bridgehead atoms. The van der Waals surface area contributed by atoms with E-state index in [9.17, 15) is 0 Å². The van der Waals surface area contributed by atoms with E-state index in [1.54, 1.807) is 0 Å². The first-order valence-electron chi connectivity index (χ1n) is 6.90. The predicted molar refractivity (Wildman–Crippen MR) is 73.6 cm³/mol. The normalized spacial score (nSPS) is 12.4. The van der Waals surface area contributed by atoms with Gasteiger partial charge < -0.3 is 10.1 Å². The van der Waals surface area contributed by atoms with Crippen LogP contribution in [0.25, 0.3) is 0 Å². The summed E-state index contributed by atoms with van der Waals surface area (Å²) in [6, 6.07) is 3.85. The molecular weight excluding hydrogens is 226 g/mol. The molecule has 0 saturated heterocycles. The van der Waals surface area contributed by atoms with Gasteiger partial charge in [0, 0.05) is 12.6 Å². The van der Waals surface area contributed by atoms with Crippen LogP contribution in [0.1, 0.15) is 45.2 Å². The van der Waals surface area contributed by atoms with E-state index in [2.05, 4.69) is 29.4 Å². The lowest BCUT2D eigenvalue weighted by Gasteiger charge is -2.14. The molecule has 0 aliphatic carbocycles. The monoisotopic (exact) mass is 251 g/mol. The van der Waals surface area contributed by atoms with Crippen LogP contribution in [-0.2, 0) is 6.54 Å². The lowest BCUT2D eigenvalue weighted by atomic mass is 10.0. The summed E-state index contributed by atoms with van der Waals surface area (Å²) < 4.78 is 5.70. The number of hydrogen-bond donors (Lipinski definition) is 1. The van der Waals surface area contributed by atoms with Crippen LogP contribution < -0.4 is 10.1 Å². The standard InChI is InChI=1S/C14H25N3O/c1-4-6-7-12(5-2)11-18-14-9-8-13(10-15-3)16-17-14/h8-9,12,15H,4-7,10-11H2,1-3H3. The van der Waals surface area contributed by atoms with E-state index in [0.717, 1.165) is 25.3 Å². The topological polar surface area (TPSA) is 47.0 Å². The van der Waals surface area contributed by atoms with Gasteiger partial charge in [0.1, 0.15) is 0 Å². The minimum atomic E-state index is 0.628.